The molecule has 0 aliphatic heterocycles. The summed E-state index contributed by atoms with van der Waals surface area (Å²) in [6.45, 7) is 0. The highest BCUT2D eigenvalue weighted by molar-refractivity contribution is 5.38. The normalized spacial score (nSPS) is 30.3. The Morgan fingerprint density at radius 2 is 1.65 bits per heavy atom. The first-order valence-electron chi connectivity index (χ1n) is 6.36. The van der Waals surface area contributed by atoms with E-state index in [1.165, 1.54) is 18.4 Å². The maximum absolute atomic E-state index is 5.48. The fourth-order valence-electron chi connectivity index (χ4n) is 3.22. The van der Waals surface area contributed by atoms with Gasteiger partial charge in [-0.1, -0.05) is 42.5 Å². The van der Waals surface area contributed by atoms with Crippen LogP contribution in [0.4, 0.5) is 0 Å². The predicted octanol–water partition coefficient (Wildman–Crippen LogP) is 3.93. The number of para-hydroxylation sites is 1. The van der Waals surface area contributed by atoms with Crippen LogP contribution in [0.5, 0.6) is 5.75 Å². The van der Waals surface area contributed by atoms with Crippen molar-refractivity contribution in [3.8, 4) is 5.75 Å². The van der Waals surface area contributed by atoms with Gasteiger partial charge in [0.15, 0.2) is 0 Å². The highest BCUT2D eigenvalue weighted by atomic mass is 16.5. The van der Waals surface area contributed by atoms with Crippen LogP contribution < -0.4 is 4.74 Å². The molecule has 2 aliphatic carbocycles. The van der Waals surface area contributed by atoms with Crippen molar-refractivity contribution >= 4 is 0 Å². The average molecular weight is 226 g/mol. The molecule has 88 valence electrons. The fraction of sp³-hybridized carbons (Fsp3) is 0.375. The van der Waals surface area contributed by atoms with E-state index in [0.29, 0.717) is 5.92 Å². The van der Waals surface area contributed by atoms with Gasteiger partial charge in [0.2, 0.25) is 0 Å². The van der Waals surface area contributed by atoms with E-state index >= 15 is 0 Å². The molecule has 0 saturated heterocycles. The van der Waals surface area contributed by atoms with Crippen LogP contribution >= 0.6 is 0 Å². The van der Waals surface area contributed by atoms with Gasteiger partial charge >= 0.3 is 0 Å². The molecular weight excluding hydrogens is 208 g/mol. The largest absolute Gasteiger partial charge is 0.496 e. The number of fused-ring (bicyclic) bond motifs is 1. The topological polar surface area (TPSA) is 9.23 Å². The van der Waals surface area contributed by atoms with Crippen molar-refractivity contribution in [1.29, 1.82) is 0 Å². The van der Waals surface area contributed by atoms with Gasteiger partial charge in [0.25, 0.3) is 0 Å². The molecule has 3 rings (SSSR count). The number of hydrogen-bond acceptors (Lipinski definition) is 1. The fourth-order valence-corrected chi connectivity index (χ4v) is 3.22. The van der Waals surface area contributed by atoms with Gasteiger partial charge in [-0.25, -0.2) is 0 Å². The molecule has 0 amide bonds. The first kappa shape index (κ1) is 10.6. The summed E-state index contributed by atoms with van der Waals surface area (Å²) in [4.78, 5) is 0. The van der Waals surface area contributed by atoms with Crippen LogP contribution in [0.25, 0.3) is 0 Å². The minimum atomic E-state index is 0.647. The number of rotatable bonds is 2. The van der Waals surface area contributed by atoms with Crippen molar-refractivity contribution in [1.82, 2.24) is 0 Å². The summed E-state index contributed by atoms with van der Waals surface area (Å²) in [5, 5.41) is 0. The van der Waals surface area contributed by atoms with E-state index in [9.17, 15) is 0 Å². The lowest BCUT2D eigenvalue weighted by Gasteiger charge is -2.14. The lowest BCUT2D eigenvalue weighted by atomic mass is 9.92. The van der Waals surface area contributed by atoms with Crippen molar-refractivity contribution in [2.24, 2.45) is 11.8 Å². The van der Waals surface area contributed by atoms with Crippen LogP contribution in [0.15, 0.2) is 48.6 Å². The quantitative estimate of drug-likeness (QED) is 0.742. The SMILES string of the molecule is COc1ccccc1C1CC2C=CC=CC2C1. The molecule has 17 heavy (non-hydrogen) atoms. The summed E-state index contributed by atoms with van der Waals surface area (Å²) in [6, 6.07) is 8.45. The van der Waals surface area contributed by atoms with Crippen molar-refractivity contribution < 1.29 is 4.74 Å². The Hall–Kier alpha value is -1.50. The molecule has 1 aromatic carbocycles. The zero-order valence-corrected chi connectivity index (χ0v) is 10.2. The van der Waals surface area contributed by atoms with Crippen LogP contribution in [-0.4, -0.2) is 7.11 Å². The summed E-state index contributed by atoms with van der Waals surface area (Å²) >= 11 is 0. The summed E-state index contributed by atoms with van der Waals surface area (Å²) in [7, 11) is 1.76. The van der Waals surface area contributed by atoms with E-state index < -0.39 is 0 Å². The Morgan fingerprint density at radius 3 is 2.29 bits per heavy atom. The first-order chi connectivity index (χ1) is 8.38. The molecule has 0 spiro atoms. The number of hydrogen-bond donors (Lipinski definition) is 0. The molecule has 0 bridgehead atoms. The summed E-state index contributed by atoms with van der Waals surface area (Å²) in [5.41, 5.74) is 1.38. The van der Waals surface area contributed by atoms with E-state index in [-0.39, 0.29) is 0 Å². The van der Waals surface area contributed by atoms with Crippen molar-refractivity contribution in [3.05, 3.63) is 54.1 Å². The third-order valence-corrected chi connectivity index (χ3v) is 4.07. The van der Waals surface area contributed by atoms with Crippen LogP contribution in [0.2, 0.25) is 0 Å². The van der Waals surface area contributed by atoms with Crippen molar-refractivity contribution in [3.63, 3.8) is 0 Å². The summed E-state index contributed by atoms with van der Waals surface area (Å²) in [6.07, 6.45) is 11.6. The number of benzene rings is 1. The molecule has 1 nitrogen and oxygen atoms in total. The molecule has 0 N–H and O–H groups in total. The zero-order valence-electron chi connectivity index (χ0n) is 10.2. The third-order valence-electron chi connectivity index (χ3n) is 4.07. The summed E-state index contributed by atoms with van der Waals surface area (Å²) in [5.74, 6) is 3.16. The van der Waals surface area contributed by atoms with Crippen LogP contribution in [0, 0.1) is 11.8 Å². The standard InChI is InChI=1S/C16H18O/c1-17-16-9-5-4-8-15(16)14-10-12-6-2-3-7-13(12)11-14/h2-9,12-14H,10-11H2,1H3. The number of allylic oxidation sites excluding steroid dienone is 4. The Kier molecular flexibility index (Phi) is 2.76. The Morgan fingerprint density at radius 1 is 1.00 bits per heavy atom. The number of ether oxygens (including phenoxy) is 1. The molecule has 1 aromatic rings. The van der Waals surface area contributed by atoms with Gasteiger partial charge in [-0.05, 0) is 42.2 Å². The van der Waals surface area contributed by atoms with Gasteiger partial charge in [-0.3, -0.25) is 0 Å². The predicted molar refractivity (Wildman–Crippen MR) is 70.2 cm³/mol. The lowest BCUT2D eigenvalue weighted by molar-refractivity contribution is 0.405. The number of methoxy groups -OCH3 is 1. The second kappa shape index (κ2) is 4.40. The maximum atomic E-state index is 5.48. The van der Waals surface area contributed by atoms with E-state index in [4.69, 9.17) is 4.74 Å². The summed E-state index contributed by atoms with van der Waals surface area (Å²) < 4.78 is 5.48. The van der Waals surface area contributed by atoms with Gasteiger partial charge in [0.05, 0.1) is 7.11 Å². The molecule has 0 heterocycles. The zero-order chi connectivity index (χ0) is 11.7. The first-order valence-corrected chi connectivity index (χ1v) is 6.36. The molecule has 2 atom stereocenters. The lowest BCUT2D eigenvalue weighted by Crippen LogP contribution is -2.03. The van der Waals surface area contributed by atoms with Crippen LogP contribution in [-0.2, 0) is 0 Å². The molecule has 0 aromatic heterocycles. The van der Waals surface area contributed by atoms with Gasteiger partial charge in [-0.2, -0.15) is 0 Å². The maximum Gasteiger partial charge on any atom is 0.122 e. The Labute approximate surface area is 103 Å². The third kappa shape index (κ3) is 1.90. The van der Waals surface area contributed by atoms with Gasteiger partial charge < -0.3 is 4.74 Å². The van der Waals surface area contributed by atoms with Crippen LogP contribution in [0.3, 0.4) is 0 Å². The molecule has 1 saturated carbocycles. The molecular formula is C16H18O. The van der Waals surface area contributed by atoms with E-state index in [0.717, 1.165) is 17.6 Å². The van der Waals surface area contributed by atoms with Gasteiger partial charge in [-0.15, -0.1) is 0 Å². The monoisotopic (exact) mass is 226 g/mol. The van der Waals surface area contributed by atoms with Crippen molar-refractivity contribution in [2.45, 2.75) is 18.8 Å². The van der Waals surface area contributed by atoms with Crippen molar-refractivity contribution in [2.75, 3.05) is 7.11 Å². The Balaban J connectivity index is 1.86. The molecule has 0 radical (unpaired) electrons. The molecule has 1 heteroatoms. The van der Waals surface area contributed by atoms with Gasteiger partial charge in [0, 0.05) is 0 Å². The van der Waals surface area contributed by atoms with E-state index in [1.807, 2.05) is 6.07 Å². The van der Waals surface area contributed by atoms with E-state index in [2.05, 4.69) is 42.5 Å². The highest BCUT2D eigenvalue weighted by Crippen LogP contribution is 2.46. The average Bonchev–Trinajstić information content (AvgIpc) is 2.82. The molecule has 1 fully saturated rings. The smallest absolute Gasteiger partial charge is 0.122 e. The van der Waals surface area contributed by atoms with E-state index in [1.54, 1.807) is 7.11 Å². The van der Waals surface area contributed by atoms with Gasteiger partial charge in [0.1, 0.15) is 5.75 Å². The van der Waals surface area contributed by atoms with Crippen LogP contribution in [0.1, 0.15) is 24.3 Å². The second-order valence-corrected chi connectivity index (χ2v) is 5.01. The highest BCUT2D eigenvalue weighted by Gasteiger charge is 2.33. The minimum Gasteiger partial charge on any atom is -0.496 e. The molecule has 2 aliphatic rings. The Bertz CT molecular complexity index is 438. The molecule has 2 unspecified atom stereocenters. The minimum absolute atomic E-state index is 0.647. The second-order valence-electron chi connectivity index (χ2n) is 5.01.